The van der Waals surface area contributed by atoms with Gasteiger partial charge in [0.25, 0.3) is 0 Å². The predicted molar refractivity (Wildman–Crippen MR) is 76.1 cm³/mol. The van der Waals surface area contributed by atoms with Gasteiger partial charge in [-0.15, -0.1) is 11.6 Å². The quantitative estimate of drug-likeness (QED) is 0.787. The molecule has 1 aliphatic carbocycles. The second-order valence-corrected chi connectivity index (χ2v) is 7.92. The van der Waals surface area contributed by atoms with Crippen molar-refractivity contribution in [3.63, 3.8) is 0 Å². The van der Waals surface area contributed by atoms with E-state index in [0.717, 1.165) is 32.1 Å². The summed E-state index contributed by atoms with van der Waals surface area (Å²) in [5.41, 5.74) is 2.51. The molecule has 19 heavy (non-hydrogen) atoms. The number of benzene rings is 1. The van der Waals surface area contributed by atoms with Gasteiger partial charge in [-0.25, -0.2) is 8.42 Å². The number of fused-ring (bicyclic) bond motifs is 1. The van der Waals surface area contributed by atoms with Gasteiger partial charge in [-0.2, -0.15) is 4.31 Å². The fraction of sp³-hybridized carbons (Fsp3) is 0.571. The second-order valence-electron chi connectivity index (χ2n) is 5.36. The number of aryl methyl sites for hydroxylation is 2. The third kappa shape index (κ3) is 2.54. The zero-order chi connectivity index (χ0) is 13.5. The number of nitrogens with zero attached hydrogens (tertiary/aromatic N) is 1. The maximum atomic E-state index is 12.6. The van der Waals surface area contributed by atoms with E-state index in [2.05, 4.69) is 0 Å². The Morgan fingerprint density at radius 2 is 1.79 bits per heavy atom. The van der Waals surface area contributed by atoms with E-state index < -0.39 is 10.0 Å². The first-order valence-corrected chi connectivity index (χ1v) is 8.71. The van der Waals surface area contributed by atoms with E-state index >= 15 is 0 Å². The zero-order valence-corrected chi connectivity index (χ0v) is 12.4. The van der Waals surface area contributed by atoms with Crippen LogP contribution in [0.15, 0.2) is 23.1 Å². The van der Waals surface area contributed by atoms with Crippen molar-refractivity contribution in [3.05, 3.63) is 29.3 Å². The molecule has 3 nitrogen and oxygen atoms in total. The van der Waals surface area contributed by atoms with Crippen molar-refractivity contribution in [2.24, 2.45) is 0 Å². The van der Waals surface area contributed by atoms with Crippen molar-refractivity contribution in [1.29, 1.82) is 0 Å². The molecular formula is C14H18ClNO2S. The number of rotatable bonds is 2. The Hall–Kier alpha value is -0.580. The zero-order valence-electron chi connectivity index (χ0n) is 10.8. The fourth-order valence-electron chi connectivity index (χ4n) is 2.92. The highest BCUT2D eigenvalue weighted by Gasteiger charge is 2.29. The van der Waals surface area contributed by atoms with Crippen molar-refractivity contribution in [1.82, 2.24) is 4.31 Å². The average Bonchev–Trinajstić information content (AvgIpc) is 2.86. The lowest BCUT2D eigenvalue weighted by Gasteiger charge is -2.28. The maximum absolute atomic E-state index is 12.6. The maximum Gasteiger partial charge on any atom is 0.243 e. The number of halogens is 1. The van der Waals surface area contributed by atoms with Gasteiger partial charge in [0.2, 0.25) is 10.0 Å². The Morgan fingerprint density at radius 3 is 2.53 bits per heavy atom. The van der Waals surface area contributed by atoms with Crippen molar-refractivity contribution in [2.75, 3.05) is 13.1 Å². The summed E-state index contributed by atoms with van der Waals surface area (Å²) >= 11 is 6.03. The van der Waals surface area contributed by atoms with Crippen LogP contribution < -0.4 is 0 Å². The SMILES string of the molecule is O=S(=O)(c1ccc2c(c1)CCC2)N1CCC(Cl)CC1. The lowest BCUT2D eigenvalue weighted by atomic mass is 10.1. The van der Waals surface area contributed by atoms with Crippen LogP contribution in [0.3, 0.4) is 0 Å². The first-order chi connectivity index (χ1) is 9.07. The summed E-state index contributed by atoms with van der Waals surface area (Å²) in [5.74, 6) is 0. The highest BCUT2D eigenvalue weighted by Crippen LogP contribution is 2.28. The van der Waals surface area contributed by atoms with Gasteiger partial charge in [0.05, 0.1) is 4.90 Å². The van der Waals surface area contributed by atoms with Crippen LogP contribution in [-0.4, -0.2) is 31.2 Å². The highest BCUT2D eigenvalue weighted by atomic mass is 35.5. The fourth-order valence-corrected chi connectivity index (χ4v) is 4.64. The second kappa shape index (κ2) is 5.08. The van der Waals surface area contributed by atoms with Gasteiger partial charge < -0.3 is 0 Å². The molecule has 2 aliphatic rings. The van der Waals surface area contributed by atoms with Crippen LogP contribution in [0, 0.1) is 0 Å². The molecule has 1 saturated heterocycles. The number of alkyl halides is 1. The van der Waals surface area contributed by atoms with Crippen LogP contribution in [0.2, 0.25) is 0 Å². The molecule has 0 atom stereocenters. The Labute approximate surface area is 119 Å². The summed E-state index contributed by atoms with van der Waals surface area (Å²) in [6, 6.07) is 5.60. The Kier molecular flexibility index (Phi) is 3.58. The third-order valence-corrected chi connectivity index (χ3v) is 6.42. The molecule has 0 spiro atoms. The lowest BCUT2D eigenvalue weighted by molar-refractivity contribution is 0.350. The first-order valence-electron chi connectivity index (χ1n) is 6.83. The van der Waals surface area contributed by atoms with Gasteiger partial charge in [-0.3, -0.25) is 0 Å². The van der Waals surface area contributed by atoms with E-state index in [1.165, 1.54) is 11.1 Å². The lowest BCUT2D eigenvalue weighted by Crippen LogP contribution is -2.38. The number of piperidine rings is 1. The van der Waals surface area contributed by atoms with E-state index in [0.29, 0.717) is 18.0 Å². The summed E-state index contributed by atoms with van der Waals surface area (Å²) < 4.78 is 26.7. The average molecular weight is 300 g/mol. The van der Waals surface area contributed by atoms with Crippen molar-refractivity contribution < 1.29 is 8.42 Å². The van der Waals surface area contributed by atoms with Gasteiger partial charge in [-0.1, -0.05) is 6.07 Å². The molecule has 0 N–H and O–H groups in total. The molecule has 1 heterocycles. The van der Waals surface area contributed by atoms with Crippen molar-refractivity contribution in [3.8, 4) is 0 Å². The monoisotopic (exact) mass is 299 g/mol. The van der Waals surface area contributed by atoms with Crippen LogP contribution >= 0.6 is 11.6 Å². The summed E-state index contributed by atoms with van der Waals surface area (Å²) in [5, 5.41) is 0.117. The van der Waals surface area contributed by atoms with Crippen LogP contribution in [0.25, 0.3) is 0 Å². The van der Waals surface area contributed by atoms with Gasteiger partial charge in [0.1, 0.15) is 0 Å². The standard InChI is InChI=1S/C14H18ClNO2S/c15-13-6-8-16(9-7-13)19(17,18)14-5-4-11-2-1-3-12(11)10-14/h4-5,10,13H,1-3,6-9H2. The molecule has 3 rings (SSSR count). The van der Waals surface area contributed by atoms with E-state index in [1.54, 1.807) is 10.4 Å². The Morgan fingerprint density at radius 1 is 1.11 bits per heavy atom. The predicted octanol–water partition coefficient (Wildman–Crippen LogP) is 2.57. The molecule has 104 valence electrons. The minimum Gasteiger partial charge on any atom is -0.207 e. The van der Waals surface area contributed by atoms with Gasteiger partial charge in [0.15, 0.2) is 0 Å². The largest absolute Gasteiger partial charge is 0.243 e. The van der Waals surface area contributed by atoms with E-state index in [4.69, 9.17) is 11.6 Å². The van der Waals surface area contributed by atoms with E-state index in [-0.39, 0.29) is 5.38 Å². The van der Waals surface area contributed by atoms with E-state index in [9.17, 15) is 8.42 Å². The minimum atomic E-state index is -3.33. The molecule has 5 heteroatoms. The molecule has 0 aromatic heterocycles. The van der Waals surface area contributed by atoms with Crippen LogP contribution in [0.5, 0.6) is 0 Å². The molecule has 1 aliphatic heterocycles. The van der Waals surface area contributed by atoms with Crippen LogP contribution in [0.1, 0.15) is 30.4 Å². The Bertz CT molecular complexity index is 577. The van der Waals surface area contributed by atoms with Crippen LogP contribution in [-0.2, 0) is 22.9 Å². The van der Waals surface area contributed by atoms with E-state index in [1.807, 2.05) is 12.1 Å². The summed E-state index contributed by atoms with van der Waals surface area (Å²) in [7, 11) is -3.33. The molecule has 0 radical (unpaired) electrons. The number of hydrogen-bond donors (Lipinski definition) is 0. The molecule has 0 bridgehead atoms. The molecule has 0 amide bonds. The normalized spacial score (nSPS) is 21.5. The third-order valence-electron chi connectivity index (χ3n) is 4.09. The van der Waals surface area contributed by atoms with Gasteiger partial charge in [0, 0.05) is 18.5 Å². The molecular weight excluding hydrogens is 282 g/mol. The van der Waals surface area contributed by atoms with Gasteiger partial charge in [-0.05, 0) is 55.4 Å². The molecule has 0 unspecified atom stereocenters. The Balaban J connectivity index is 1.88. The summed E-state index contributed by atoms with van der Waals surface area (Å²) in [4.78, 5) is 0.446. The minimum absolute atomic E-state index is 0.117. The van der Waals surface area contributed by atoms with Gasteiger partial charge >= 0.3 is 0 Å². The topological polar surface area (TPSA) is 37.4 Å². The number of hydrogen-bond acceptors (Lipinski definition) is 2. The molecule has 0 saturated carbocycles. The highest BCUT2D eigenvalue weighted by molar-refractivity contribution is 7.89. The summed E-state index contributed by atoms with van der Waals surface area (Å²) in [6.07, 6.45) is 4.70. The van der Waals surface area contributed by atoms with Crippen LogP contribution in [0.4, 0.5) is 0 Å². The summed E-state index contributed by atoms with van der Waals surface area (Å²) in [6.45, 7) is 1.07. The first kappa shape index (κ1) is 13.4. The smallest absolute Gasteiger partial charge is 0.207 e. The van der Waals surface area contributed by atoms with Crippen molar-refractivity contribution in [2.45, 2.75) is 42.4 Å². The van der Waals surface area contributed by atoms with Crippen molar-refractivity contribution >= 4 is 21.6 Å². The molecule has 1 fully saturated rings. The molecule has 1 aromatic carbocycles. The molecule has 1 aromatic rings. The number of sulfonamides is 1.